The maximum atomic E-state index is 12.8. The van der Waals surface area contributed by atoms with Gasteiger partial charge < -0.3 is 19.6 Å². The van der Waals surface area contributed by atoms with Gasteiger partial charge in [0.1, 0.15) is 23.0 Å². The number of hydrogen-bond acceptors (Lipinski definition) is 7. The molecule has 0 aliphatic carbocycles. The molecule has 1 amide bonds. The average Bonchev–Trinajstić information content (AvgIpc) is 2.79. The van der Waals surface area contributed by atoms with Crippen molar-refractivity contribution in [1.82, 2.24) is 9.62 Å². The normalized spacial score (nSPS) is 19.5. The Kier molecular flexibility index (Phi) is 6.31. The van der Waals surface area contributed by atoms with Crippen LogP contribution in [0.1, 0.15) is 31.0 Å². The smallest absolute Gasteiger partial charge is 0.336 e. The lowest BCUT2D eigenvalue weighted by Crippen LogP contribution is -2.53. The lowest BCUT2D eigenvalue weighted by molar-refractivity contribution is -0.121. The number of nitrogens with one attached hydrogen (secondary N) is 1. The summed E-state index contributed by atoms with van der Waals surface area (Å²) in [7, 11) is -0.632. The van der Waals surface area contributed by atoms with Gasteiger partial charge in [-0.2, -0.15) is 0 Å². The first-order chi connectivity index (χ1) is 16.4. The molecule has 0 unspecified atom stereocenters. The first-order valence-corrected chi connectivity index (χ1v) is 12.3. The maximum Gasteiger partial charge on any atom is 0.336 e. The number of sulfonamides is 1. The quantitative estimate of drug-likeness (QED) is 0.409. The zero-order valence-electron chi connectivity index (χ0n) is 19.7. The lowest BCUT2D eigenvalue weighted by atomic mass is 9.86. The second-order valence-corrected chi connectivity index (χ2v) is 11.2. The highest BCUT2D eigenvalue weighted by molar-refractivity contribution is 7.89. The molecule has 1 aliphatic heterocycles. The van der Waals surface area contributed by atoms with E-state index < -0.39 is 39.3 Å². The van der Waals surface area contributed by atoms with Crippen molar-refractivity contribution in [3.05, 3.63) is 76.2 Å². The van der Waals surface area contributed by atoms with Gasteiger partial charge >= 0.3 is 5.63 Å². The summed E-state index contributed by atoms with van der Waals surface area (Å²) in [5.74, 6) is -0.0588. The van der Waals surface area contributed by atoms with Gasteiger partial charge in [0.15, 0.2) is 0 Å². The molecule has 9 nitrogen and oxygen atoms in total. The van der Waals surface area contributed by atoms with Gasteiger partial charge in [0, 0.05) is 43.3 Å². The number of carbonyl (C=O) groups is 1. The topological polar surface area (TPSA) is 126 Å². The van der Waals surface area contributed by atoms with Gasteiger partial charge in [-0.25, -0.2) is 17.5 Å². The highest BCUT2D eigenvalue weighted by Crippen LogP contribution is 2.41. The molecule has 0 spiro atoms. The summed E-state index contributed by atoms with van der Waals surface area (Å²) in [6.07, 6.45) is 1.80. The van der Waals surface area contributed by atoms with Gasteiger partial charge in [0.25, 0.3) is 0 Å². The molecule has 2 N–H and O–H groups in total. The standard InChI is InChI=1S/C25H26N2O7S/c1-25(2)24(30)23(18-13-16-8-12-22(29)33-19(16)14-20(18)34-25)26-21(28)11-7-15-5-9-17(10-6-15)35(31,32)27(3)4/h5-14,23-24,30H,1-4H3,(H,26,28)/b11-7+/t23-,24+/m1/s1. The first kappa shape index (κ1) is 24.6. The van der Waals surface area contributed by atoms with Crippen molar-refractivity contribution in [3.63, 3.8) is 0 Å². The molecule has 2 aromatic carbocycles. The summed E-state index contributed by atoms with van der Waals surface area (Å²) in [6, 6.07) is 11.5. The fraction of sp³-hybridized carbons (Fsp3) is 0.280. The van der Waals surface area contributed by atoms with Crippen molar-refractivity contribution in [2.75, 3.05) is 14.1 Å². The van der Waals surface area contributed by atoms with E-state index in [1.165, 1.54) is 38.4 Å². The van der Waals surface area contributed by atoms with E-state index in [1.807, 2.05) is 0 Å². The van der Waals surface area contributed by atoms with Crippen molar-refractivity contribution in [2.24, 2.45) is 0 Å². The third-order valence-corrected chi connectivity index (χ3v) is 7.70. The van der Waals surface area contributed by atoms with E-state index in [0.717, 1.165) is 4.31 Å². The summed E-state index contributed by atoms with van der Waals surface area (Å²) in [6.45, 7) is 3.40. The SMILES string of the molecule is CN(C)S(=O)(=O)c1ccc(/C=C/C(=O)N[C@@H]2c3cc4ccc(=O)oc4cc3OC(C)(C)[C@H]2O)cc1. The summed E-state index contributed by atoms with van der Waals surface area (Å²) >= 11 is 0. The highest BCUT2D eigenvalue weighted by Gasteiger charge is 2.43. The molecule has 0 saturated carbocycles. The third kappa shape index (κ3) is 4.86. The van der Waals surface area contributed by atoms with E-state index >= 15 is 0 Å². The molecule has 4 rings (SSSR count). The van der Waals surface area contributed by atoms with Crippen LogP contribution in [0, 0.1) is 0 Å². The average molecular weight is 499 g/mol. The number of benzene rings is 2. The Hall–Kier alpha value is -3.47. The van der Waals surface area contributed by atoms with E-state index in [0.29, 0.717) is 27.8 Å². The van der Waals surface area contributed by atoms with Crippen LogP contribution in [0.15, 0.2) is 68.7 Å². The van der Waals surface area contributed by atoms with Crippen LogP contribution in [0.5, 0.6) is 5.75 Å². The number of carbonyl (C=O) groups excluding carboxylic acids is 1. The van der Waals surface area contributed by atoms with Gasteiger partial charge in [-0.05, 0) is 49.8 Å². The predicted molar refractivity (Wildman–Crippen MR) is 130 cm³/mol. The second-order valence-electron chi connectivity index (χ2n) is 9.01. The van der Waals surface area contributed by atoms with Crippen molar-refractivity contribution in [2.45, 2.75) is 36.5 Å². The molecular formula is C25H26N2O7S. The minimum atomic E-state index is -3.54. The summed E-state index contributed by atoms with van der Waals surface area (Å²) in [5, 5.41) is 14.4. The number of hydrogen-bond donors (Lipinski definition) is 2. The molecule has 2 atom stereocenters. The van der Waals surface area contributed by atoms with Crippen molar-refractivity contribution in [1.29, 1.82) is 0 Å². The zero-order chi connectivity index (χ0) is 25.5. The minimum Gasteiger partial charge on any atom is -0.485 e. The number of rotatable bonds is 5. The van der Waals surface area contributed by atoms with E-state index in [4.69, 9.17) is 9.15 Å². The van der Waals surface area contributed by atoms with Gasteiger partial charge in [0.2, 0.25) is 15.9 Å². The van der Waals surface area contributed by atoms with Crippen LogP contribution in [0.2, 0.25) is 0 Å². The van der Waals surface area contributed by atoms with Crippen molar-refractivity contribution >= 4 is 33.0 Å². The molecule has 3 aromatic rings. The minimum absolute atomic E-state index is 0.149. The molecule has 184 valence electrons. The van der Waals surface area contributed by atoms with Crippen LogP contribution in [-0.2, 0) is 14.8 Å². The molecular weight excluding hydrogens is 472 g/mol. The first-order valence-electron chi connectivity index (χ1n) is 10.8. The number of nitrogens with zero attached hydrogens (tertiary/aromatic N) is 1. The lowest BCUT2D eigenvalue weighted by Gasteiger charge is -2.42. The van der Waals surface area contributed by atoms with Crippen molar-refractivity contribution < 1.29 is 27.5 Å². The molecule has 2 heterocycles. The molecule has 0 saturated heterocycles. The molecule has 10 heteroatoms. The van der Waals surface area contributed by atoms with E-state index in [2.05, 4.69) is 5.32 Å². The van der Waals surface area contributed by atoms with Crippen LogP contribution in [0.3, 0.4) is 0 Å². The van der Waals surface area contributed by atoms with Crippen LogP contribution in [0.25, 0.3) is 17.0 Å². The van der Waals surface area contributed by atoms with Gasteiger partial charge in [-0.1, -0.05) is 12.1 Å². The number of aliphatic hydroxyl groups excluding tert-OH is 1. The molecule has 0 fully saturated rings. The van der Waals surface area contributed by atoms with E-state index in [9.17, 15) is 23.1 Å². The maximum absolute atomic E-state index is 12.8. The summed E-state index contributed by atoms with van der Waals surface area (Å²) < 4.78 is 36.7. The Bertz CT molecular complexity index is 1470. The number of amides is 1. The van der Waals surface area contributed by atoms with Gasteiger partial charge in [-0.15, -0.1) is 0 Å². The molecule has 0 radical (unpaired) electrons. The molecule has 1 aliphatic rings. The van der Waals surface area contributed by atoms with Gasteiger partial charge in [0.05, 0.1) is 10.9 Å². The van der Waals surface area contributed by atoms with Crippen LogP contribution >= 0.6 is 0 Å². The summed E-state index contributed by atoms with van der Waals surface area (Å²) in [4.78, 5) is 24.5. The number of ether oxygens (including phenoxy) is 1. The fourth-order valence-corrected chi connectivity index (χ4v) is 4.75. The Morgan fingerprint density at radius 2 is 1.80 bits per heavy atom. The van der Waals surface area contributed by atoms with Crippen molar-refractivity contribution in [3.8, 4) is 5.75 Å². The Labute approximate surface area is 202 Å². The highest BCUT2D eigenvalue weighted by atomic mass is 32.2. The number of aliphatic hydroxyl groups is 1. The fourth-order valence-electron chi connectivity index (χ4n) is 3.85. The molecule has 0 bridgehead atoms. The predicted octanol–water partition coefficient (Wildman–Crippen LogP) is 2.45. The number of fused-ring (bicyclic) bond motifs is 2. The summed E-state index contributed by atoms with van der Waals surface area (Å²) in [5.41, 5.74) is 0.0128. The van der Waals surface area contributed by atoms with Crippen LogP contribution in [0.4, 0.5) is 0 Å². The molecule has 1 aromatic heterocycles. The van der Waals surface area contributed by atoms with Crippen LogP contribution in [-0.4, -0.2) is 49.5 Å². The van der Waals surface area contributed by atoms with E-state index in [-0.39, 0.29) is 4.90 Å². The Morgan fingerprint density at radius 1 is 1.11 bits per heavy atom. The molecule has 35 heavy (non-hydrogen) atoms. The third-order valence-electron chi connectivity index (χ3n) is 5.87. The Morgan fingerprint density at radius 3 is 2.46 bits per heavy atom. The van der Waals surface area contributed by atoms with E-state index in [1.54, 1.807) is 50.3 Å². The van der Waals surface area contributed by atoms with Crippen LogP contribution < -0.4 is 15.7 Å². The Balaban J connectivity index is 1.58. The zero-order valence-corrected chi connectivity index (χ0v) is 20.5. The second kappa shape index (κ2) is 8.95. The van der Waals surface area contributed by atoms with Gasteiger partial charge in [-0.3, -0.25) is 4.79 Å². The monoisotopic (exact) mass is 498 g/mol. The largest absolute Gasteiger partial charge is 0.485 e.